The van der Waals surface area contributed by atoms with Crippen LogP contribution in [0.3, 0.4) is 0 Å². The maximum Gasteiger partial charge on any atom is 0.253 e. The zero-order valence-electron chi connectivity index (χ0n) is 5.37. The summed E-state index contributed by atoms with van der Waals surface area (Å²) in [4.78, 5) is 14.3. The van der Waals surface area contributed by atoms with Crippen molar-refractivity contribution in [3.05, 3.63) is 11.3 Å². The fourth-order valence-electron chi connectivity index (χ4n) is 0.741. The van der Waals surface area contributed by atoms with E-state index in [-0.39, 0.29) is 11.3 Å². The zero-order chi connectivity index (χ0) is 7.56. The van der Waals surface area contributed by atoms with Crippen molar-refractivity contribution in [3.8, 4) is 0 Å². The molecule has 0 atom stereocenters. The number of aliphatic imine (C=N–C) groups is 1. The van der Waals surface area contributed by atoms with Gasteiger partial charge in [0.15, 0.2) is 0 Å². The Balaban J connectivity index is 2.90. The Bertz CT molecular complexity index is 218. The molecule has 4 nitrogen and oxygen atoms in total. The maximum atomic E-state index is 10.5. The summed E-state index contributed by atoms with van der Waals surface area (Å²) in [5.41, 5.74) is 5.04. The molecule has 0 aromatic rings. The number of carbonyl (C=O) groups is 1. The van der Waals surface area contributed by atoms with Gasteiger partial charge in [0.05, 0.1) is 5.57 Å². The van der Waals surface area contributed by atoms with Crippen molar-refractivity contribution in [2.45, 2.75) is 6.42 Å². The van der Waals surface area contributed by atoms with Gasteiger partial charge in [-0.1, -0.05) is 0 Å². The van der Waals surface area contributed by atoms with Crippen LogP contribution in [0.15, 0.2) is 16.3 Å². The van der Waals surface area contributed by atoms with Gasteiger partial charge in [-0.05, 0) is 0 Å². The molecule has 3 N–H and O–H groups in total. The molecule has 10 heavy (non-hydrogen) atoms. The molecule has 0 bridgehead atoms. The summed E-state index contributed by atoms with van der Waals surface area (Å²) in [7, 11) is 0. The number of carbonyl (C=O) groups excluding carboxylic acids is 1. The van der Waals surface area contributed by atoms with E-state index >= 15 is 0 Å². The molecule has 1 aliphatic heterocycles. The van der Waals surface area contributed by atoms with Crippen molar-refractivity contribution in [1.82, 2.24) is 0 Å². The summed E-state index contributed by atoms with van der Waals surface area (Å²) >= 11 is 0. The van der Waals surface area contributed by atoms with E-state index < -0.39 is 5.91 Å². The number of primary amides is 1. The second kappa shape index (κ2) is 2.51. The summed E-state index contributed by atoms with van der Waals surface area (Å²) < 4.78 is 0. The summed E-state index contributed by atoms with van der Waals surface area (Å²) in [6.45, 7) is 0.530. The van der Waals surface area contributed by atoms with E-state index in [9.17, 15) is 4.79 Å². The molecule has 0 saturated carbocycles. The van der Waals surface area contributed by atoms with Crippen LogP contribution in [0, 0.1) is 0 Å². The summed E-state index contributed by atoms with van der Waals surface area (Å²) in [6, 6.07) is 0. The molecule has 4 heteroatoms. The Morgan fingerprint density at radius 1 is 1.80 bits per heavy atom. The van der Waals surface area contributed by atoms with Crippen molar-refractivity contribution < 1.29 is 9.90 Å². The first-order chi connectivity index (χ1) is 4.72. The number of nitrogens with two attached hydrogens (primary N) is 1. The molecule has 0 unspecified atom stereocenters. The van der Waals surface area contributed by atoms with Crippen LogP contribution in [0.2, 0.25) is 0 Å². The van der Waals surface area contributed by atoms with E-state index in [1.54, 1.807) is 0 Å². The molecule has 0 fully saturated rings. The summed E-state index contributed by atoms with van der Waals surface area (Å²) in [6.07, 6.45) is 1.72. The quantitative estimate of drug-likeness (QED) is 0.527. The molecule has 0 aromatic heterocycles. The largest absolute Gasteiger partial charge is 0.511 e. The van der Waals surface area contributed by atoms with Gasteiger partial charge in [0.2, 0.25) is 0 Å². The molecule has 0 spiro atoms. The van der Waals surface area contributed by atoms with Gasteiger partial charge in [0, 0.05) is 19.2 Å². The van der Waals surface area contributed by atoms with Gasteiger partial charge >= 0.3 is 0 Å². The predicted octanol–water partition coefficient (Wildman–Crippen LogP) is -0.242. The Morgan fingerprint density at radius 2 is 2.50 bits per heavy atom. The first-order valence-corrected chi connectivity index (χ1v) is 2.93. The molecule has 0 aliphatic carbocycles. The van der Waals surface area contributed by atoms with Gasteiger partial charge in [-0.2, -0.15) is 0 Å². The summed E-state index contributed by atoms with van der Waals surface area (Å²) in [5, 5.41) is 9.03. The Hall–Kier alpha value is -1.32. The maximum absolute atomic E-state index is 10.5. The molecule has 1 rings (SSSR count). The lowest BCUT2D eigenvalue weighted by atomic mass is 10.1. The third kappa shape index (κ3) is 1.15. The molecule has 1 heterocycles. The zero-order valence-corrected chi connectivity index (χ0v) is 5.37. The lowest BCUT2D eigenvalue weighted by molar-refractivity contribution is -0.114. The SMILES string of the molecule is NC(=O)C1=C(O)CCN=C1. The number of aliphatic hydroxyl groups excluding tert-OH is 1. The number of hydrogen-bond donors (Lipinski definition) is 2. The molecule has 1 amide bonds. The minimum atomic E-state index is -0.624. The van der Waals surface area contributed by atoms with Gasteiger partial charge in [-0.25, -0.2) is 0 Å². The molecule has 54 valence electrons. The van der Waals surface area contributed by atoms with E-state index in [2.05, 4.69) is 4.99 Å². The van der Waals surface area contributed by atoms with E-state index in [4.69, 9.17) is 10.8 Å². The van der Waals surface area contributed by atoms with Gasteiger partial charge in [0.25, 0.3) is 5.91 Å². The molecule has 0 saturated heterocycles. The molecule has 0 radical (unpaired) electrons. The van der Waals surface area contributed by atoms with Crippen molar-refractivity contribution >= 4 is 12.1 Å². The molecular weight excluding hydrogens is 132 g/mol. The van der Waals surface area contributed by atoms with Crippen LogP contribution in [0.5, 0.6) is 0 Å². The van der Waals surface area contributed by atoms with E-state index in [0.717, 1.165) is 0 Å². The average molecular weight is 140 g/mol. The number of aliphatic hydroxyl groups is 1. The minimum Gasteiger partial charge on any atom is -0.511 e. The minimum absolute atomic E-state index is 0.0440. The highest BCUT2D eigenvalue weighted by Gasteiger charge is 2.11. The number of rotatable bonds is 1. The summed E-state index contributed by atoms with van der Waals surface area (Å²) in [5.74, 6) is -0.580. The Labute approximate surface area is 58.1 Å². The van der Waals surface area contributed by atoms with E-state index in [1.165, 1.54) is 6.21 Å². The Kier molecular flexibility index (Phi) is 1.71. The lowest BCUT2D eigenvalue weighted by Gasteiger charge is -2.05. The topological polar surface area (TPSA) is 75.7 Å². The van der Waals surface area contributed by atoms with E-state index in [1.807, 2.05) is 0 Å². The predicted molar refractivity (Wildman–Crippen MR) is 36.8 cm³/mol. The smallest absolute Gasteiger partial charge is 0.253 e. The van der Waals surface area contributed by atoms with E-state index in [0.29, 0.717) is 13.0 Å². The van der Waals surface area contributed by atoms with Crippen molar-refractivity contribution in [2.24, 2.45) is 10.7 Å². The number of amides is 1. The third-order valence-corrected chi connectivity index (χ3v) is 1.27. The van der Waals surface area contributed by atoms with Crippen LogP contribution in [0.25, 0.3) is 0 Å². The first-order valence-electron chi connectivity index (χ1n) is 2.93. The van der Waals surface area contributed by atoms with Gasteiger partial charge in [0.1, 0.15) is 5.76 Å². The first kappa shape index (κ1) is 6.80. The van der Waals surface area contributed by atoms with Crippen molar-refractivity contribution in [2.75, 3.05) is 6.54 Å². The van der Waals surface area contributed by atoms with Gasteiger partial charge < -0.3 is 10.8 Å². The van der Waals surface area contributed by atoms with Crippen LogP contribution in [-0.4, -0.2) is 23.8 Å². The van der Waals surface area contributed by atoms with Crippen LogP contribution in [0.4, 0.5) is 0 Å². The standard InChI is InChI=1S/C6H8N2O2/c7-6(10)4-3-8-2-1-5(4)9/h3,9H,1-2H2,(H2,7,10). The fraction of sp³-hybridized carbons (Fsp3) is 0.333. The monoisotopic (exact) mass is 140 g/mol. The molecular formula is C6H8N2O2. The van der Waals surface area contributed by atoms with Crippen LogP contribution >= 0.6 is 0 Å². The van der Waals surface area contributed by atoms with Crippen molar-refractivity contribution in [1.29, 1.82) is 0 Å². The van der Waals surface area contributed by atoms with Crippen molar-refractivity contribution in [3.63, 3.8) is 0 Å². The normalized spacial score (nSPS) is 17.6. The third-order valence-electron chi connectivity index (χ3n) is 1.27. The molecule has 1 aliphatic rings. The lowest BCUT2D eigenvalue weighted by Crippen LogP contribution is -2.19. The Morgan fingerprint density at radius 3 is 2.90 bits per heavy atom. The second-order valence-corrected chi connectivity index (χ2v) is 2.01. The number of hydrogen-bond acceptors (Lipinski definition) is 3. The second-order valence-electron chi connectivity index (χ2n) is 2.01. The average Bonchev–Trinajstić information content (AvgIpc) is 1.88. The highest BCUT2D eigenvalue weighted by Crippen LogP contribution is 2.07. The fourth-order valence-corrected chi connectivity index (χ4v) is 0.741. The van der Waals surface area contributed by atoms with Gasteiger partial charge in [-0.15, -0.1) is 0 Å². The number of nitrogens with zero attached hydrogens (tertiary/aromatic N) is 1. The van der Waals surface area contributed by atoms with Crippen LogP contribution in [0.1, 0.15) is 6.42 Å². The number of dihydropyridines is 1. The molecule has 0 aromatic carbocycles. The van der Waals surface area contributed by atoms with Gasteiger partial charge in [-0.3, -0.25) is 9.79 Å². The van der Waals surface area contributed by atoms with Crippen LogP contribution < -0.4 is 5.73 Å². The van der Waals surface area contributed by atoms with Crippen LogP contribution in [-0.2, 0) is 4.79 Å². The highest BCUT2D eigenvalue weighted by atomic mass is 16.3. The highest BCUT2D eigenvalue weighted by molar-refractivity contribution is 6.12.